The van der Waals surface area contributed by atoms with Gasteiger partial charge in [0.25, 0.3) is 0 Å². The quantitative estimate of drug-likeness (QED) is 0.840. The van der Waals surface area contributed by atoms with Gasteiger partial charge in [-0.25, -0.2) is 9.18 Å². The Morgan fingerprint density at radius 2 is 2.05 bits per heavy atom. The average molecular weight is 279 g/mol. The number of hydrogen-bond donors (Lipinski definition) is 1. The number of halogens is 1. The molecule has 0 aliphatic heterocycles. The van der Waals surface area contributed by atoms with E-state index in [0.717, 1.165) is 18.2 Å². The molecule has 0 bridgehead atoms. The molecule has 4 heteroatoms. The van der Waals surface area contributed by atoms with Gasteiger partial charge in [-0.2, -0.15) is 0 Å². The summed E-state index contributed by atoms with van der Waals surface area (Å²) < 4.78 is 13.3. The smallest absolute Gasteiger partial charge is 0.328 e. The van der Waals surface area contributed by atoms with E-state index in [1.54, 1.807) is 6.07 Å². The van der Waals surface area contributed by atoms with Gasteiger partial charge in [-0.05, 0) is 41.8 Å². The highest BCUT2D eigenvalue weighted by Gasteiger charge is 2.14. The number of carbonyl (C=O) groups is 1. The Morgan fingerprint density at radius 1 is 1.40 bits per heavy atom. The van der Waals surface area contributed by atoms with E-state index >= 15 is 0 Å². The van der Waals surface area contributed by atoms with Gasteiger partial charge in [0.1, 0.15) is 5.82 Å². The Kier molecular flexibility index (Phi) is 5.45. The van der Waals surface area contributed by atoms with Gasteiger partial charge in [0.2, 0.25) is 0 Å². The van der Waals surface area contributed by atoms with Crippen LogP contribution in [0.2, 0.25) is 0 Å². The highest BCUT2D eigenvalue weighted by atomic mass is 19.1. The van der Waals surface area contributed by atoms with E-state index in [1.165, 1.54) is 18.2 Å². The lowest BCUT2D eigenvalue weighted by molar-refractivity contribution is -0.131. The molecule has 1 rings (SSSR count). The molecule has 0 spiro atoms. The molecular weight excluding hydrogens is 257 g/mol. The Bertz CT molecular complexity index is 504. The van der Waals surface area contributed by atoms with Crippen molar-refractivity contribution in [1.29, 1.82) is 0 Å². The van der Waals surface area contributed by atoms with Crippen molar-refractivity contribution in [2.45, 2.75) is 27.3 Å². The summed E-state index contributed by atoms with van der Waals surface area (Å²) >= 11 is 0. The zero-order valence-corrected chi connectivity index (χ0v) is 12.5. The van der Waals surface area contributed by atoms with Crippen molar-refractivity contribution >= 4 is 12.0 Å². The maximum absolute atomic E-state index is 13.3. The number of nitrogens with zero attached hydrogens (tertiary/aromatic N) is 1. The summed E-state index contributed by atoms with van der Waals surface area (Å²) in [4.78, 5) is 12.7. The Hall–Kier alpha value is -1.68. The van der Waals surface area contributed by atoms with E-state index in [9.17, 15) is 9.18 Å². The zero-order valence-electron chi connectivity index (χ0n) is 12.5. The number of benzene rings is 1. The minimum atomic E-state index is -1.04. The van der Waals surface area contributed by atoms with Crippen molar-refractivity contribution in [2.75, 3.05) is 13.6 Å². The van der Waals surface area contributed by atoms with Crippen LogP contribution in [-0.2, 0) is 11.3 Å². The van der Waals surface area contributed by atoms with Crippen LogP contribution in [0.3, 0.4) is 0 Å². The highest BCUT2D eigenvalue weighted by Crippen LogP contribution is 2.19. The summed E-state index contributed by atoms with van der Waals surface area (Å²) in [5, 5.41) is 8.68. The number of aliphatic carboxylic acids is 1. The lowest BCUT2D eigenvalue weighted by Crippen LogP contribution is -2.29. The van der Waals surface area contributed by atoms with E-state index in [2.05, 4.69) is 25.7 Å². The van der Waals surface area contributed by atoms with Crippen molar-refractivity contribution in [3.05, 3.63) is 41.2 Å². The predicted molar refractivity (Wildman–Crippen MR) is 78.9 cm³/mol. The fourth-order valence-electron chi connectivity index (χ4n) is 2.18. The average Bonchev–Trinajstić information content (AvgIpc) is 2.26. The van der Waals surface area contributed by atoms with Crippen LogP contribution < -0.4 is 0 Å². The molecule has 0 saturated heterocycles. The maximum atomic E-state index is 13.3. The van der Waals surface area contributed by atoms with Crippen LogP contribution in [0.25, 0.3) is 6.08 Å². The zero-order chi connectivity index (χ0) is 15.3. The molecule has 110 valence electrons. The molecule has 0 unspecified atom stereocenters. The first kappa shape index (κ1) is 16.4. The van der Waals surface area contributed by atoms with E-state index < -0.39 is 5.97 Å². The number of carboxylic acids is 1. The standard InChI is InChI=1S/C16H22FNO2/c1-16(2,3)11-18(4)10-13-5-7-14(17)9-12(13)6-8-15(19)20/h5-9H,10-11H2,1-4H3,(H,19,20). The monoisotopic (exact) mass is 279 g/mol. The largest absolute Gasteiger partial charge is 0.478 e. The molecule has 3 nitrogen and oxygen atoms in total. The molecule has 1 aromatic rings. The fraction of sp³-hybridized carbons (Fsp3) is 0.438. The topological polar surface area (TPSA) is 40.5 Å². The first-order valence-corrected chi connectivity index (χ1v) is 6.55. The van der Waals surface area contributed by atoms with E-state index in [0.29, 0.717) is 12.1 Å². The molecule has 0 heterocycles. The van der Waals surface area contributed by atoms with E-state index in [-0.39, 0.29) is 11.2 Å². The van der Waals surface area contributed by atoms with Crippen molar-refractivity contribution in [3.63, 3.8) is 0 Å². The van der Waals surface area contributed by atoms with Crippen molar-refractivity contribution in [2.24, 2.45) is 5.41 Å². The highest BCUT2D eigenvalue weighted by molar-refractivity contribution is 5.85. The molecule has 0 aromatic heterocycles. The van der Waals surface area contributed by atoms with Crippen LogP contribution in [0.5, 0.6) is 0 Å². The van der Waals surface area contributed by atoms with Gasteiger partial charge >= 0.3 is 5.97 Å². The third kappa shape index (κ3) is 5.97. The summed E-state index contributed by atoms with van der Waals surface area (Å²) in [6.45, 7) is 8.00. The van der Waals surface area contributed by atoms with Crippen LogP contribution in [-0.4, -0.2) is 29.6 Å². The Labute approximate surface area is 119 Å². The SMILES string of the molecule is CN(Cc1ccc(F)cc1C=CC(=O)O)CC(C)(C)C. The third-order valence-corrected chi connectivity index (χ3v) is 2.70. The number of rotatable bonds is 5. The fourth-order valence-corrected chi connectivity index (χ4v) is 2.18. The van der Waals surface area contributed by atoms with Crippen LogP contribution in [0, 0.1) is 11.2 Å². The van der Waals surface area contributed by atoms with Gasteiger partial charge in [-0.3, -0.25) is 0 Å². The van der Waals surface area contributed by atoms with Crippen molar-refractivity contribution in [3.8, 4) is 0 Å². The number of carboxylic acid groups (broad SMARTS) is 1. The van der Waals surface area contributed by atoms with Crippen LogP contribution in [0.15, 0.2) is 24.3 Å². The minimum absolute atomic E-state index is 0.172. The molecular formula is C16H22FNO2. The summed E-state index contributed by atoms with van der Waals surface area (Å²) in [6, 6.07) is 4.47. The second-order valence-electron chi connectivity index (χ2n) is 6.25. The lowest BCUT2D eigenvalue weighted by Gasteiger charge is -2.27. The van der Waals surface area contributed by atoms with Gasteiger partial charge in [-0.15, -0.1) is 0 Å². The Balaban J connectivity index is 2.91. The second kappa shape index (κ2) is 6.66. The molecule has 0 aliphatic rings. The van der Waals surface area contributed by atoms with Crippen LogP contribution in [0.1, 0.15) is 31.9 Å². The Morgan fingerprint density at radius 3 is 2.60 bits per heavy atom. The molecule has 0 saturated carbocycles. The summed E-state index contributed by atoms with van der Waals surface area (Å²) in [5.41, 5.74) is 1.69. The summed E-state index contributed by atoms with van der Waals surface area (Å²) in [7, 11) is 2.00. The molecule has 0 atom stereocenters. The maximum Gasteiger partial charge on any atom is 0.328 e. The predicted octanol–water partition coefficient (Wildman–Crippen LogP) is 3.40. The second-order valence-corrected chi connectivity index (χ2v) is 6.25. The van der Waals surface area contributed by atoms with Crippen LogP contribution in [0.4, 0.5) is 4.39 Å². The first-order chi connectivity index (χ1) is 9.17. The van der Waals surface area contributed by atoms with E-state index in [4.69, 9.17) is 5.11 Å². The van der Waals surface area contributed by atoms with Gasteiger partial charge in [0.15, 0.2) is 0 Å². The van der Waals surface area contributed by atoms with Crippen molar-refractivity contribution < 1.29 is 14.3 Å². The molecule has 0 fully saturated rings. The van der Waals surface area contributed by atoms with Gasteiger partial charge in [-0.1, -0.05) is 26.8 Å². The van der Waals surface area contributed by atoms with Crippen LogP contribution >= 0.6 is 0 Å². The summed E-state index contributed by atoms with van der Waals surface area (Å²) in [5.74, 6) is -1.40. The van der Waals surface area contributed by atoms with Gasteiger partial charge in [0, 0.05) is 19.2 Å². The molecule has 20 heavy (non-hydrogen) atoms. The molecule has 0 aliphatic carbocycles. The number of hydrogen-bond acceptors (Lipinski definition) is 2. The molecule has 1 aromatic carbocycles. The minimum Gasteiger partial charge on any atom is -0.478 e. The summed E-state index contributed by atoms with van der Waals surface area (Å²) in [6.07, 6.45) is 2.47. The molecule has 0 radical (unpaired) electrons. The van der Waals surface area contributed by atoms with E-state index in [1.807, 2.05) is 7.05 Å². The molecule has 0 amide bonds. The first-order valence-electron chi connectivity index (χ1n) is 6.55. The molecule has 1 N–H and O–H groups in total. The lowest BCUT2D eigenvalue weighted by atomic mass is 9.96. The third-order valence-electron chi connectivity index (χ3n) is 2.70. The van der Waals surface area contributed by atoms with Gasteiger partial charge < -0.3 is 10.0 Å². The van der Waals surface area contributed by atoms with Crippen molar-refractivity contribution in [1.82, 2.24) is 4.90 Å². The van der Waals surface area contributed by atoms with Gasteiger partial charge in [0.05, 0.1) is 0 Å². The normalized spacial score (nSPS) is 12.3.